The number of likely N-dealkylation sites (N-methyl/N-ethyl adjacent to an activating group) is 1. The molecule has 0 aliphatic carbocycles. The summed E-state index contributed by atoms with van der Waals surface area (Å²) in [4.78, 5) is 33.2. The molecule has 2 heterocycles. The van der Waals surface area contributed by atoms with Crippen LogP contribution in [0, 0.1) is 5.92 Å². The van der Waals surface area contributed by atoms with Gasteiger partial charge in [-0.2, -0.15) is 4.31 Å². The zero-order valence-electron chi connectivity index (χ0n) is 24.8. The molecule has 0 fully saturated rings. The summed E-state index contributed by atoms with van der Waals surface area (Å²) < 4.78 is 40.7. The Hall–Kier alpha value is -4.04. The van der Waals surface area contributed by atoms with Crippen LogP contribution in [0.5, 0.6) is 11.5 Å². The van der Waals surface area contributed by atoms with E-state index in [1.165, 1.54) is 41.9 Å². The van der Waals surface area contributed by atoms with E-state index in [4.69, 9.17) is 9.47 Å². The van der Waals surface area contributed by atoms with Crippen molar-refractivity contribution in [3.63, 3.8) is 0 Å². The molecule has 11 nitrogen and oxygen atoms in total. The fourth-order valence-corrected chi connectivity index (χ4v) is 7.03. The smallest absolute Gasteiger partial charge is 0.284 e. The highest BCUT2D eigenvalue weighted by Crippen LogP contribution is 2.36. The Morgan fingerprint density at radius 1 is 1.18 bits per heavy atom. The molecule has 0 unspecified atom stereocenters. The molecule has 1 aliphatic rings. The minimum Gasteiger partial charge on any atom is -0.497 e. The van der Waals surface area contributed by atoms with Crippen LogP contribution in [0.4, 0.5) is 5.69 Å². The standard InChI is InChI=1S/C31H34N4O7S2/c1-19-16-35(20(2)18-36)31(38)23-8-7-10-25(32-29(37)30-33-24-9-5-6-11-27(24)43-30)28(23)42-26(19)17-34(3)44(39,40)22-14-12-21(41-4)13-15-22/h5-15,19-20,26,36H,16-18H2,1-4H3,(H,32,37)/t19-,20-,26+/m1/s1. The first-order valence-electron chi connectivity index (χ1n) is 14.0. The number of carbonyl (C=O) groups excluding carboxylic acids is 2. The molecular formula is C31H34N4O7S2. The lowest BCUT2D eigenvalue weighted by Gasteiger charge is -2.38. The topological polar surface area (TPSA) is 138 Å². The molecule has 0 saturated carbocycles. The van der Waals surface area contributed by atoms with Crippen LogP contribution < -0.4 is 14.8 Å². The highest BCUT2D eigenvalue weighted by atomic mass is 32.2. The third kappa shape index (κ3) is 6.27. The number of methoxy groups -OCH3 is 1. The van der Waals surface area contributed by atoms with E-state index in [-0.39, 0.29) is 58.4 Å². The van der Waals surface area contributed by atoms with Crippen LogP contribution in [0.25, 0.3) is 10.2 Å². The highest BCUT2D eigenvalue weighted by Gasteiger charge is 2.36. The SMILES string of the molecule is COc1ccc(S(=O)(=O)N(C)C[C@@H]2Oc3c(NC(=O)c4nc5ccccc5s4)cccc3C(=O)N([C@H](C)CO)C[C@H]2C)cc1. The van der Waals surface area contributed by atoms with Gasteiger partial charge in [0.05, 0.1) is 52.7 Å². The molecule has 44 heavy (non-hydrogen) atoms. The second kappa shape index (κ2) is 12.9. The summed E-state index contributed by atoms with van der Waals surface area (Å²) in [5.74, 6) is -0.552. The van der Waals surface area contributed by atoms with Gasteiger partial charge >= 0.3 is 0 Å². The fraction of sp³-hybridized carbons (Fsp3) is 0.323. The van der Waals surface area contributed by atoms with E-state index < -0.39 is 28.1 Å². The molecule has 2 amide bonds. The maximum absolute atomic E-state index is 13.8. The van der Waals surface area contributed by atoms with Crippen LogP contribution in [0.15, 0.2) is 71.6 Å². The van der Waals surface area contributed by atoms with Crippen molar-refractivity contribution >= 4 is 49.1 Å². The number of fused-ring (bicyclic) bond motifs is 2. The number of sulfonamides is 1. The van der Waals surface area contributed by atoms with Gasteiger partial charge in [0.15, 0.2) is 10.8 Å². The van der Waals surface area contributed by atoms with E-state index in [0.717, 1.165) is 4.70 Å². The average Bonchev–Trinajstić information content (AvgIpc) is 3.47. The van der Waals surface area contributed by atoms with Crippen LogP contribution >= 0.6 is 11.3 Å². The molecule has 5 rings (SSSR count). The zero-order chi connectivity index (χ0) is 31.6. The molecule has 13 heteroatoms. The van der Waals surface area contributed by atoms with Gasteiger partial charge in [0.25, 0.3) is 11.8 Å². The third-order valence-electron chi connectivity index (χ3n) is 7.63. The zero-order valence-corrected chi connectivity index (χ0v) is 26.4. The molecule has 0 radical (unpaired) electrons. The molecule has 0 spiro atoms. The van der Waals surface area contributed by atoms with E-state index >= 15 is 0 Å². The van der Waals surface area contributed by atoms with Crippen molar-refractivity contribution in [2.45, 2.75) is 30.9 Å². The number of rotatable bonds is 9. The van der Waals surface area contributed by atoms with Crippen LogP contribution in [0.2, 0.25) is 0 Å². The molecule has 0 bridgehead atoms. The predicted molar refractivity (Wildman–Crippen MR) is 168 cm³/mol. The Labute approximate surface area is 260 Å². The molecule has 3 aromatic carbocycles. The fourth-order valence-electron chi connectivity index (χ4n) is 4.98. The summed E-state index contributed by atoms with van der Waals surface area (Å²) in [5, 5.41) is 13.0. The lowest BCUT2D eigenvalue weighted by Crippen LogP contribution is -2.50. The number of amides is 2. The Morgan fingerprint density at radius 2 is 1.91 bits per heavy atom. The number of hydrogen-bond acceptors (Lipinski definition) is 9. The molecular weight excluding hydrogens is 604 g/mol. The van der Waals surface area contributed by atoms with Crippen LogP contribution in [-0.4, -0.2) is 85.5 Å². The average molecular weight is 639 g/mol. The minimum atomic E-state index is -3.91. The number of carbonyl (C=O) groups is 2. The van der Waals surface area contributed by atoms with E-state index in [2.05, 4.69) is 10.3 Å². The molecule has 4 aromatic rings. The van der Waals surface area contributed by atoms with E-state index in [9.17, 15) is 23.1 Å². The number of nitrogens with zero attached hydrogens (tertiary/aromatic N) is 3. The number of benzene rings is 3. The molecule has 232 valence electrons. The second-order valence-corrected chi connectivity index (χ2v) is 13.8. The number of aromatic nitrogens is 1. The first-order valence-corrected chi connectivity index (χ1v) is 16.3. The third-order valence-corrected chi connectivity index (χ3v) is 10.5. The maximum Gasteiger partial charge on any atom is 0.284 e. The van der Waals surface area contributed by atoms with Crippen molar-refractivity contribution in [1.29, 1.82) is 0 Å². The quantitative estimate of drug-likeness (QED) is 0.280. The number of nitrogens with one attached hydrogen (secondary N) is 1. The number of aliphatic hydroxyl groups excluding tert-OH is 1. The summed E-state index contributed by atoms with van der Waals surface area (Å²) >= 11 is 1.24. The first-order chi connectivity index (χ1) is 21.0. The van der Waals surface area contributed by atoms with E-state index in [0.29, 0.717) is 11.3 Å². The van der Waals surface area contributed by atoms with Gasteiger partial charge in [-0.05, 0) is 55.5 Å². The van der Waals surface area contributed by atoms with Gasteiger partial charge in [-0.25, -0.2) is 13.4 Å². The number of hydrogen-bond donors (Lipinski definition) is 2. The molecule has 0 saturated heterocycles. The second-order valence-electron chi connectivity index (χ2n) is 10.7. The lowest BCUT2D eigenvalue weighted by molar-refractivity contribution is 0.0388. The largest absolute Gasteiger partial charge is 0.497 e. The van der Waals surface area contributed by atoms with Gasteiger partial charge in [0.2, 0.25) is 10.0 Å². The summed E-state index contributed by atoms with van der Waals surface area (Å²) in [6.45, 7) is 3.49. The Kier molecular flexibility index (Phi) is 9.20. The highest BCUT2D eigenvalue weighted by molar-refractivity contribution is 7.89. The van der Waals surface area contributed by atoms with Gasteiger partial charge in [-0.3, -0.25) is 9.59 Å². The van der Waals surface area contributed by atoms with Crippen molar-refractivity contribution < 1.29 is 32.6 Å². The maximum atomic E-state index is 13.8. The normalized spacial score (nSPS) is 17.9. The lowest BCUT2D eigenvalue weighted by atomic mass is 9.99. The van der Waals surface area contributed by atoms with Crippen LogP contribution in [-0.2, 0) is 10.0 Å². The molecule has 2 N–H and O–H groups in total. The van der Waals surface area contributed by atoms with Gasteiger partial charge in [-0.15, -0.1) is 11.3 Å². The van der Waals surface area contributed by atoms with Crippen LogP contribution in [0.1, 0.15) is 34.0 Å². The molecule has 3 atom stereocenters. The van der Waals surface area contributed by atoms with E-state index in [1.807, 2.05) is 31.2 Å². The number of thiazole rings is 1. The molecule has 1 aliphatic heterocycles. The number of para-hydroxylation sites is 2. The van der Waals surface area contributed by atoms with Crippen molar-refractivity contribution in [2.24, 2.45) is 5.92 Å². The summed E-state index contributed by atoms with van der Waals surface area (Å²) in [6, 6.07) is 17.8. The van der Waals surface area contributed by atoms with Crippen molar-refractivity contribution in [3.05, 3.63) is 77.3 Å². The van der Waals surface area contributed by atoms with E-state index in [1.54, 1.807) is 42.2 Å². The monoisotopic (exact) mass is 638 g/mol. The summed E-state index contributed by atoms with van der Waals surface area (Å²) in [6.07, 6.45) is -0.728. The van der Waals surface area contributed by atoms with Gasteiger partial charge in [-0.1, -0.05) is 25.1 Å². The number of ether oxygens (including phenoxy) is 2. The summed E-state index contributed by atoms with van der Waals surface area (Å²) in [5.41, 5.74) is 1.13. The Bertz CT molecular complexity index is 1740. The van der Waals surface area contributed by atoms with Gasteiger partial charge in [0.1, 0.15) is 11.9 Å². The first kappa shape index (κ1) is 31.4. The molecule has 1 aromatic heterocycles. The minimum absolute atomic E-state index is 0.0509. The summed E-state index contributed by atoms with van der Waals surface area (Å²) in [7, 11) is -0.938. The van der Waals surface area contributed by atoms with Crippen LogP contribution in [0.3, 0.4) is 0 Å². The Balaban J connectivity index is 1.50. The van der Waals surface area contributed by atoms with Crippen molar-refractivity contribution in [3.8, 4) is 11.5 Å². The van der Waals surface area contributed by atoms with Gasteiger partial charge < -0.3 is 24.8 Å². The number of anilines is 1. The van der Waals surface area contributed by atoms with Crippen molar-refractivity contribution in [2.75, 3.05) is 39.2 Å². The predicted octanol–water partition coefficient (Wildman–Crippen LogP) is 4.10. The Morgan fingerprint density at radius 3 is 2.59 bits per heavy atom. The van der Waals surface area contributed by atoms with Crippen molar-refractivity contribution in [1.82, 2.24) is 14.2 Å². The number of aliphatic hydroxyl groups is 1. The van der Waals surface area contributed by atoms with Gasteiger partial charge in [0, 0.05) is 19.5 Å².